The monoisotopic (exact) mass is 411 g/mol. The molecule has 1 fully saturated rings. The van der Waals surface area contributed by atoms with Gasteiger partial charge < -0.3 is 15.0 Å². The van der Waals surface area contributed by atoms with E-state index in [1.165, 1.54) is 24.3 Å². The SMILES string of the molecule is C[C@@H]1CCC[C@@H](C)N1C(=O)COc1ccc(NC(=O)c2cccc([N+](=O)[O-])c2)cc1. The van der Waals surface area contributed by atoms with Gasteiger partial charge in [-0.1, -0.05) is 6.07 Å². The summed E-state index contributed by atoms with van der Waals surface area (Å²) in [6.07, 6.45) is 3.15. The fourth-order valence-electron chi connectivity index (χ4n) is 3.73. The second-order valence-electron chi connectivity index (χ2n) is 7.50. The van der Waals surface area contributed by atoms with Crippen LogP contribution in [0.4, 0.5) is 11.4 Å². The smallest absolute Gasteiger partial charge is 0.270 e. The van der Waals surface area contributed by atoms with Crippen molar-refractivity contribution in [3.63, 3.8) is 0 Å². The standard InChI is InChI=1S/C22H25N3O5/c1-15-5-3-6-16(2)24(15)21(26)14-30-20-11-9-18(10-12-20)23-22(27)17-7-4-8-19(13-17)25(28)29/h4,7-13,15-16H,3,5-6,14H2,1-2H3,(H,23,27)/t15-,16-/m1/s1. The number of nitro benzene ring substituents is 1. The van der Waals surface area contributed by atoms with E-state index in [2.05, 4.69) is 19.2 Å². The van der Waals surface area contributed by atoms with E-state index in [-0.39, 0.29) is 35.8 Å². The predicted molar refractivity (Wildman–Crippen MR) is 113 cm³/mol. The highest BCUT2D eigenvalue weighted by Crippen LogP contribution is 2.23. The lowest BCUT2D eigenvalue weighted by Crippen LogP contribution is -2.49. The minimum atomic E-state index is -0.546. The molecule has 1 aliphatic rings. The van der Waals surface area contributed by atoms with Gasteiger partial charge in [0.2, 0.25) is 0 Å². The van der Waals surface area contributed by atoms with E-state index in [9.17, 15) is 19.7 Å². The van der Waals surface area contributed by atoms with Crippen LogP contribution in [-0.2, 0) is 4.79 Å². The number of likely N-dealkylation sites (tertiary alicyclic amines) is 1. The number of hydrogen-bond donors (Lipinski definition) is 1. The molecule has 1 N–H and O–H groups in total. The van der Waals surface area contributed by atoms with Gasteiger partial charge >= 0.3 is 0 Å². The van der Waals surface area contributed by atoms with Crippen LogP contribution in [0.2, 0.25) is 0 Å². The first kappa shape index (κ1) is 21.3. The molecule has 30 heavy (non-hydrogen) atoms. The third-order valence-corrected chi connectivity index (χ3v) is 5.28. The summed E-state index contributed by atoms with van der Waals surface area (Å²) in [4.78, 5) is 37.0. The molecule has 0 aliphatic carbocycles. The lowest BCUT2D eigenvalue weighted by atomic mass is 9.97. The van der Waals surface area contributed by atoms with Gasteiger partial charge in [0.1, 0.15) is 5.75 Å². The molecule has 0 unspecified atom stereocenters. The average molecular weight is 411 g/mol. The number of benzene rings is 2. The minimum absolute atomic E-state index is 0.0299. The number of non-ortho nitro benzene ring substituents is 1. The number of nitro groups is 1. The van der Waals surface area contributed by atoms with Crippen LogP contribution in [0.1, 0.15) is 43.5 Å². The highest BCUT2D eigenvalue weighted by molar-refractivity contribution is 6.04. The van der Waals surface area contributed by atoms with E-state index in [0.717, 1.165) is 19.3 Å². The minimum Gasteiger partial charge on any atom is -0.484 e. The number of carbonyl (C=O) groups excluding carboxylic acids is 2. The zero-order valence-corrected chi connectivity index (χ0v) is 17.0. The quantitative estimate of drug-likeness (QED) is 0.571. The average Bonchev–Trinajstić information content (AvgIpc) is 2.73. The van der Waals surface area contributed by atoms with Crippen LogP contribution in [-0.4, -0.2) is 40.3 Å². The summed E-state index contributed by atoms with van der Waals surface area (Å²) in [5.74, 6) is 0.0439. The molecule has 0 radical (unpaired) electrons. The molecule has 158 valence electrons. The van der Waals surface area contributed by atoms with Crippen LogP contribution in [0.25, 0.3) is 0 Å². The Bertz CT molecular complexity index is 919. The maximum absolute atomic E-state index is 12.5. The highest BCUT2D eigenvalue weighted by atomic mass is 16.6. The Morgan fingerprint density at radius 3 is 2.43 bits per heavy atom. The van der Waals surface area contributed by atoms with Gasteiger partial charge in [0.25, 0.3) is 17.5 Å². The molecule has 2 atom stereocenters. The summed E-state index contributed by atoms with van der Waals surface area (Å²) in [7, 11) is 0. The largest absolute Gasteiger partial charge is 0.484 e. The normalized spacial score (nSPS) is 18.5. The summed E-state index contributed by atoms with van der Waals surface area (Å²) < 4.78 is 5.63. The highest BCUT2D eigenvalue weighted by Gasteiger charge is 2.28. The summed E-state index contributed by atoms with van der Waals surface area (Å²) in [6, 6.07) is 12.6. The number of carbonyl (C=O) groups is 2. The zero-order chi connectivity index (χ0) is 21.7. The Balaban J connectivity index is 1.56. The van der Waals surface area contributed by atoms with Crippen LogP contribution >= 0.6 is 0 Å². The van der Waals surface area contributed by atoms with E-state index in [1.807, 2.05) is 4.90 Å². The van der Waals surface area contributed by atoms with Crippen LogP contribution in [0, 0.1) is 10.1 Å². The topological polar surface area (TPSA) is 102 Å². The molecule has 1 heterocycles. The summed E-state index contributed by atoms with van der Waals surface area (Å²) in [5.41, 5.74) is 0.566. The van der Waals surface area contributed by atoms with E-state index in [0.29, 0.717) is 11.4 Å². The summed E-state index contributed by atoms with van der Waals surface area (Å²) in [5, 5.41) is 13.5. The van der Waals surface area contributed by atoms with Gasteiger partial charge in [0.05, 0.1) is 4.92 Å². The van der Waals surface area contributed by atoms with Gasteiger partial charge in [-0.3, -0.25) is 19.7 Å². The van der Waals surface area contributed by atoms with Gasteiger partial charge in [0.15, 0.2) is 6.61 Å². The molecule has 3 rings (SSSR count). The molecule has 2 amide bonds. The van der Waals surface area contributed by atoms with Crippen LogP contribution < -0.4 is 10.1 Å². The maximum Gasteiger partial charge on any atom is 0.270 e. The van der Waals surface area contributed by atoms with Gasteiger partial charge in [-0.15, -0.1) is 0 Å². The number of piperidine rings is 1. The van der Waals surface area contributed by atoms with E-state index in [1.54, 1.807) is 24.3 Å². The fourth-order valence-corrected chi connectivity index (χ4v) is 3.73. The number of amides is 2. The maximum atomic E-state index is 12.5. The Kier molecular flexibility index (Phi) is 6.66. The van der Waals surface area contributed by atoms with Crippen molar-refractivity contribution in [3.05, 3.63) is 64.2 Å². The lowest BCUT2D eigenvalue weighted by Gasteiger charge is -2.38. The lowest BCUT2D eigenvalue weighted by molar-refractivity contribution is -0.384. The van der Waals surface area contributed by atoms with Gasteiger partial charge in [-0.2, -0.15) is 0 Å². The molecule has 0 spiro atoms. The Morgan fingerprint density at radius 2 is 1.80 bits per heavy atom. The number of anilines is 1. The predicted octanol–water partition coefficient (Wildman–Crippen LogP) is 4.02. The molecule has 8 nitrogen and oxygen atoms in total. The van der Waals surface area contributed by atoms with Gasteiger partial charge in [-0.05, 0) is 63.4 Å². The third-order valence-electron chi connectivity index (χ3n) is 5.28. The van der Waals surface area contributed by atoms with Crippen molar-refractivity contribution in [2.45, 2.75) is 45.2 Å². The van der Waals surface area contributed by atoms with Crippen molar-refractivity contribution in [2.24, 2.45) is 0 Å². The Labute approximate surface area is 175 Å². The van der Waals surface area contributed by atoms with Gasteiger partial charge in [0, 0.05) is 35.5 Å². The van der Waals surface area contributed by atoms with Crippen molar-refractivity contribution >= 4 is 23.2 Å². The van der Waals surface area contributed by atoms with E-state index >= 15 is 0 Å². The van der Waals surface area contributed by atoms with Crippen molar-refractivity contribution < 1.29 is 19.2 Å². The fraction of sp³-hybridized carbons (Fsp3) is 0.364. The van der Waals surface area contributed by atoms with Crippen LogP contribution in [0.3, 0.4) is 0 Å². The van der Waals surface area contributed by atoms with Gasteiger partial charge in [-0.25, -0.2) is 0 Å². The number of rotatable bonds is 6. The molecule has 1 aliphatic heterocycles. The molecule has 1 saturated heterocycles. The molecular weight excluding hydrogens is 386 g/mol. The molecule has 0 aromatic heterocycles. The van der Waals surface area contributed by atoms with Crippen molar-refractivity contribution in [1.82, 2.24) is 4.90 Å². The number of nitrogens with zero attached hydrogens (tertiary/aromatic N) is 2. The van der Waals surface area contributed by atoms with Crippen molar-refractivity contribution in [1.29, 1.82) is 0 Å². The first-order chi connectivity index (χ1) is 14.3. The number of ether oxygens (including phenoxy) is 1. The Hall–Kier alpha value is -3.42. The molecule has 0 bridgehead atoms. The van der Waals surface area contributed by atoms with Crippen molar-refractivity contribution in [2.75, 3.05) is 11.9 Å². The van der Waals surface area contributed by atoms with E-state index in [4.69, 9.17) is 4.74 Å². The first-order valence-electron chi connectivity index (χ1n) is 9.95. The van der Waals surface area contributed by atoms with E-state index < -0.39 is 10.8 Å². The first-order valence-corrected chi connectivity index (χ1v) is 9.95. The molecule has 0 saturated carbocycles. The summed E-state index contributed by atoms with van der Waals surface area (Å²) in [6.45, 7) is 4.09. The number of nitrogens with one attached hydrogen (secondary N) is 1. The van der Waals surface area contributed by atoms with Crippen molar-refractivity contribution in [3.8, 4) is 5.75 Å². The molecule has 8 heteroatoms. The van der Waals surface area contributed by atoms with Crippen LogP contribution in [0.5, 0.6) is 5.75 Å². The molecule has 2 aromatic carbocycles. The zero-order valence-electron chi connectivity index (χ0n) is 17.0. The second kappa shape index (κ2) is 9.39. The molecular formula is C22H25N3O5. The van der Waals surface area contributed by atoms with Crippen LogP contribution in [0.15, 0.2) is 48.5 Å². The number of hydrogen-bond acceptors (Lipinski definition) is 5. The second-order valence-corrected chi connectivity index (χ2v) is 7.50. The third kappa shape index (κ3) is 5.14. The molecule has 2 aromatic rings. The summed E-state index contributed by atoms with van der Waals surface area (Å²) >= 11 is 0. The Morgan fingerprint density at radius 1 is 1.13 bits per heavy atom.